The van der Waals surface area contributed by atoms with Gasteiger partial charge in [-0.3, -0.25) is 20.4 Å². The lowest BCUT2D eigenvalue weighted by atomic mass is 10.1. The molecule has 0 radical (unpaired) electrons. The molecule has 2 aromatic carbocycles. The van der Waals surface area contributed by atoms with Crippen molar-refractivity contribution in [2.24, 2.45) is 0 Å². The van der Waals surface area contributed by atoms with E-state index in [4.69, 9.17) is 4.74 Å². The minimum atomic E-state index is -0.720. The first-order valence-corrected chi connectivity index (χ1v) is 8.95. The molecule has 5 nitrogen and oxygen atoms in total. The van der Waals surface area contributed by atoms with Crippen LogP contribution in [0, 0.1) is 13.8 Å². The van der Waals surface area contributed by atoms with E-state index in [0.717, 1.165) is 16.0 Å². The molecule has 0 saturated carbocycles. The van der Waals surface area contributed by atoms with Crippen molar-refractivity contribution in [1.29, 1.82) is 0 Å². The second-order valence-electron chi connectivity index (χ2n) is 5.60. The number of rotatable bonds is 6. The quantitative estimate of drug-likeness (QED) is 0.615. The second-order valence-corrected chi connectivity index (χ2v) is 6.65. The molecule has 132 valence electrons. The Labute approximate surface area is 152 Å². The van der Waals surface area contributed by atoms with E-state index in [0.29, 0.717) is 5.75 Å². The molecule has 0 spiro atoms. The van der Waals surface area contributed by atoms with Gasteiger partial charge >= 0.3 is 0 Å². The zero-order valence-electron chi connectivity index (χ0n) is 14.5. The van der Waals surface area contributed by atoms with Crippen molar-refractivity contribution in [2.75, 3.05) is 5.75 Å². The number of benzene rings is 2. The number of hydrazine groups is 1. The standard InChI is InChI=1S/C19H22N2O3S/c1-13-8-7-11-17(14(13)2)24-15(3)19(23)21-20-18(22)12-25-16-9-5-4-6-10-16/h4-11,15H,12H2,1-3H3,(H,20,22)(H,21,23)/t15-/m1/s1. The van der Waals surface area contributed by atoms with Gasteiger partial charge in [-0.15, -0.1) is 11.8 Å². The van der Waals surface area contributed by atoms with Crippen LogP contribution in [0.25, 0.3) is 0 Å². The Hall–Kier alpha value is -2.47. The van der Waals surface area contributed by atoms with E-state index in [1.165, 1.54) is 11.8 Å². The SMILES string of the molecule is Cc1cccc(O[C@H](C)C(=O)NNC(=O)CSc2ccccc2)c1C. The van der Waals surface area contributed by atoms with Crippen molar-refractivity contribution < 1.29 is 14.3 Å². The third-order valence-electron chi connectivity index (χ3n) is 3.67. The number of thioether (sulfide) groups is 1. The number of hydrogen-bond acceptors (Lipinski definition) is 4. The van der Waals surface area contributed by atoms with E-state index in [1.807, 2.05) is 62.4 Å². The summed E-state index contributed by atoms with van der Waals surface area (Å²) in [6.07, 6.45) is -0.720. The highest BCUT2D eigenvalue weighted by Crippen LogP contribution is 2.21. The summed E-state index contributed by atoms with van der Waals surface area (Å²) in [5, 5.41) is 0. The van der Waals surface area contributed by atoms with Crippen molar-refractivity contribution in [1.82, 2.24) is 10.9 Å². The number of carbonyl (C=O) groups is 2. The predicted molar refractivity (Wildman–Crippen MR) is 99.5 cm³/mol. The van der Waals surface area contributed by atoms with Gasteiger partial charge in [0, 0.05) is 4.90 Å². The van der Waals surface area contributed by atoms with Crippen molar-refractivity contribution in [3.63, 3.8) is 0 Å². The maximum atomic E-state index is 12.1. The van der Waals surface area contributed by atoms with Crippen LogP contribution in [-0.4, -0.2) is 23.7 Å². The highest BCUT2D eigenvalue weighted by Gasteiger charge is 2.16. The van der Waals surface area contributed by atoms with Gasteiger partial charge in [-0.25, -0.2) is 0 Å². The molecule has 0 aliphatic carbocycles. The summed E-state index contributed by atoms with van der Waals surface area (Å²) in [5.41, 5.74) is 6.89. The van der Waals surface area contributed by atoms with Gasteiger partial charge in [0.1, 0.15) is 5.75 Å². The van der Waals surface area contributed by atoms with Gasteiger partial charge in [-0.05, 0) is 50.1 Å². The average molecular weight is 358 g/mol. The summed E-state index contributed by atoms with van der Waals surface area (Å²) >= 11 is 1.40. The van der Waals surface area contributed by atoms with E-state index in [-0.39, 0.29) is 11.7 Å². The number of nitrogens with one attached hydrogen (secondary N) is 2. The predicted octanol–water partition coefficient (Wildman–Crippen LogP) is 3.01. The van der Waals surface area contributed by atoms with Gasteiger partial charge in [0.05, 0.1) is 5.75 Å². The molecule has 6 heteroatoms. The maximum Gasteiger partial charge on any atom is 0.279 e. The van der Waals surface area contributed by atoms with Crippen molar-refractivity contribution in [3.05, 3.63) is 59.7 Å². The second kappa shape index (κ2) is 9.13. The third-order valence-corrected chi connectivity index (χ3v) is 4.68. The van der Waals surface area contributed by atoms with E-state index in [2.05, 4.69) is 10.9 Å². The first kappa shape index (κ1) is 18.9. The van der Waals surface area contributed by atoms with Gasteiger partial charge < -0.3 is 4.74 Å². The third kappa shape index (κ3) is 5.83. The molecule has 2 amide bonds. The van der Waals surface area contributed by atoms with Gasteiger partial charge in [0.15, 0.2) is 6.10 Å². The minimum absolute atomic E-state index is 0.219. The van der Waals surface area contributed by atoms with E-state index < -0.39 is 12.0 Å². The lowest BCUT2D eigenvalue weighted by Gasteiger charge is -2.17. The molecule has 0 aliphatic rings. The number of carbonyl (C=O) groups excluding carboxylic acids is 2. The van der Waals surface area contributed by atoms with Crippen LogP contribution < -0.4 is 15.6 Å². The molecule has 2 rings (SSSR count). The molecule has 0 aromatic heterocycles. The van der Waals surface area contributed by atoms with Gasteiger partial charge in [-0.1, -0.05) is 30.3 Å². The van der Waals surface area contributed by atoms with Crippen LogP contribution in [0.4, 0.5) is 0 Å². The Kier molecular flexibility index (Phi) is 6.89. The molecule has 0 heterocycles. The highest BCUT2D eigenvalue weighted by molar-refractivity contribution is 8.00. The number of amides is 2. The van der Waals surface area contributed by atoms with Crippen molar-refractivity contribution in [3.8, 4) is 5.75 Å². The van der Waals surface area contributed by atoms with E-state index >= 15 is 0 Å². The number of aryl methyl sites for hydroxylation is 1. The topological polar surface area (TPSA) is 67.4 Å². The van der Waals surface area contributed by atoms with Crippen LogP contribution in [0.15, 0.2) is 53.4 Å². The molecule has 0 bridgehead atoms. The molecule has 1 atom stereocenters. The van der Waals surface area contributed by atoms with Crippen LogP contribution in [-0.2, 0) is 9.59 Å². The average Bonchev–Trinajstić information content (AvgIpc) is 2.62. The minimum Gasteiger partial charge on any atom is -0.481 e. The Balaban J connectivity index is 1.77. The summed E-state index contributed by atoms with van der Waals surface area (Å²) in [5.74, 6) is 0.199. The Morgan fingerprint density at radius 2 is 1.76 bits per heavy atom. The summed E-state index contributed by atoms with van der Waals surface area (Å²) < 4.78 is 5.68. The molecule has 25 heavy (non-hydrogen) atoms. The molecule has 0 fully saturated rings. The van der Waals surface area contributed by atoms with Gasteiger partial charge in [0.25, 0.3) is 5.91 Å². The summed E-state index contributed by atoms with van der Waals surface area (Å²) in [4.78, 5) is 24.9. The Morgan fingerprint density at radius 3 is 2.48 bits per heavy atom. The highest BCUT2D eigenvalue weighted by atomic mass is 32.2. The zero-order chi connectivity index (χ0) is 18.2. The van der Waals surface area contributed by atoms with E-state index in [1.54, 1.807) is 6.92 Å². The van der Waals surface area contributed by atoms with Gasteiger partial charge in [-0.2, -0.15) is 0 Å². The zero-order valence-corrected chi connectivity index (χ0v) is 15.4. The number of ether oxygens (including phenoxy) is 1. The lowest BCUT2D eigenvalue weighted by molar-refractivity contribution is -0.131. The fourth-order valence-electron chi connectivity index (χ4n) is 2.03. The van der Waals surface area contributed by atoms with E-state index in [9.17, 15) is 9.59 Å². The molecule has 2 N–H and O–H groups in total. The molecule has 2 aromatic rings. The maximum absolute atomic E-state index is 12.1. The fraction of sp³-hybridized carbons (Fsp3) is 0.263. The molecular formula is C19H22N2O3S. The van der Waals surface area contributed by atoms with Crippen molar-refractivity contribution in [2.45, 2.75) is 31.8 Å². The van der Waals surface area contributed by atoms with Crippen LogP contribution in [0.1, 0.15) is 18.1 Å². The van der Waals surface area contributed by atoms with Crippen LogP contribution in [0.2, 0.25) is 0 Å². The summed E-state index contributed by atoms with van der Waals surface area (Å²) in [7, 11) is 0. The van der Waals surface area contributed by atoms with Crippen LogP contribution in [0.3, 0.4) is 0 Å². The van der Waals surface area contributed by atoms with Gasteiger partial charge in [0.2, 0.25) is 5.91 Å². The van der Waals surface area contributed by atoms with Crippen LogP contribution >= 0.6 is 11.8 Å². The summed E-state index contributed by atoms with van der Waals surface area (Å²) in [6.45, 7) is 5.57. The molecule has 0 unspecified atom stereocenters. The molecule has 0 saturated heterocycles. The number of hydrogen-bond donors (Lipinski definition) is 2. The Bertz CT molecular complexity index is 735. The first-order valence-electron chi connectivity index (χ1n) is 7.97. The normalized spacial score (nSPS) is 11.5. The van der Waals surface area contributed by atoms with Crippen LogP contribution in [0.5, 0.6) is 5.75 Å². The lowest BCUT2D eigenvalue weighted by Crippen LogP contribution is -2.47. The largest absolute Gasteiger partial charge is 0.481 e. The first-order chi connectivity index (χ1) is 12.0. The molecular weight excluding hydrogens is 336 g/mol. The monoisotopic (exact) mass is 358 g/mol. The fourth-order valence-corrected chi connectivity index (χ4v) is 2.75. The Morgan fingerprint density at radius 1 is 1.04 bits per heavy atom. The molecule has 0 aliphatic heterocycles. The smallest absolute Gasteiger partial charge is 0.279 e. The van der Waals surface area contributed by atoms with Crippen molar-refractivity contribution >= 4 is 23.6 Å². The summed E-state index contributed by atoms with van der Waals surface area (Å²) in [6, 6.07) is 15.3.